The summed E-state index contributed by atoms with van der Waals surface area (Å²) in [7, 11) is 0. The minimum absolute atomic E-state index is 0. The van der Waals surface area contributed by atoms with Gasteiger partial charge in [0.15, 0.2) is 0 Å². The van der Waals surface area contributed by atoms with E-state index in [0.717, 1.165) is 48.5 Å². The minimum Gasteiger partial charge on any atom is -0.664 e. The van der Waals surface area contributed by atoms with Crippen LogP contribution < -0.4 is 9.97 Å². The molecule has 0 unspecified atom stereocenters. The maximum atomic E-state index is 4.90. The average Bonchev–Trinajstić information content (AvgIpc) is 3.56. The van der Waals surface area contributed by atoms with Crippen LogP contribution in [-0.4, -0.2) is 11.4 Å². The largest absolute Gasteiger partial charge is 2.00 e. The first-order valence-corrected chi connectivity index (χ1v) is 13.9. The number of aryl methyl sites for hydroxylation is 2. The third-order valence-corrected chi connectivity index (χ3v) is 8.10. The number of allylic oxidation sites excluding steroid dienone is 4. The monoisotopic (exact) mass is 558 g/mol. The summed E-state index contributed by atoms with van der Waals surface area (Å²) >= 11 is 0. The molecule has 4 nitrogen and oxygen atoms in total. The SMILES string of the molecule is CCc1c(C)c[n-]c1C=C1N=C(C)C(CCCCCC2=C(C)/C(=C\c3[n-]cc(C)c3CC)N=C2C)=C1C.[Zn+2]. The van der Waals surface area contributed by atoms with E-state index in [1.807, 2.05) is 12.4 Å². The van der Waals surface area contributed by atoms with Crippen LogP contribution in [-0.2, 0) is 32.3 Å². The van der Waals surface area contributed by atoms with Gasteiger partial charge in [-0.1, -0.05) is 54.7 Å². The molecule has 0 saturated heterocycles. The van der Waals surface area contributed by atoms with E-state index < -0.39 is 0 Å². The molecule has 2 aliphatic heterocycles. The molecule has 0 spiro atoms. The zero-order valence-electron chi connectivity index (χ0n) is 24.8. The Bertz CT molecular complexity index is 1260. The Balaban J connectivity index is 0.00000400. The van der Waals surface area contributed by atoms with E-state index >= 15 is 0 Å². The van der Waals surface area contributed by atoms with E-state index in [2.05, 4.69) is 77.5 Å². The Morgan fingerprint density at radius 3 is 1.39 bits per heavy atom. The van der Waals surface area contributed by atoms with Gasteiger partial charge in [0.25, 0.3) is 0 Å². The number of hydrogen-bond donors (Lipinski definition) is 0. The molecule has 4 heterocycles. The van der Waals surface area contributed by atoms with Gasteiger partial charge in [0.05, 0.1) is 11.4 Å². The number of rotatable bonds is 10. The summed E-state index contributed by atoms with van der Waals surface area (Å²) in [4.78, 5) is 19.0. The van der Waals surface area contributed by atoms with Gasteiger partial charge in [-0.25, -0.2) is 0 Å². The Morgan fingerprint density at radius 1 is 0.632 bits per heavy atom. The number of aromatic nitrogens is 2. The molecule has 196 valence electrons. The molecule has 2 aromatic heterocycles. The van der Waals surface area contributed by atoms with Crippen molar-refractivity contribution in [3.8, 4) is 0 Å². The van der Waals surface area contributed by atoms with Crippen molar-refractivity contribution in [1.29, 1.82) is 0 Å². The Labute approximate surface area is 242 Å². The Kier molecular flexibility index (Phi) is 10.3. The van der Waals surface area contributed by atoms with E-state index in [9.17, 15) is 0 Å². The van der Waals surface area contributed by atoms with Crippen molar-refractivity contribution in [2.45, 2.75) is 100 Å². The second kappa shape index (κ2) is 13.0. The Hall–Kier alpha value is -2.52. The number of aliphatic imine (C=N–C) groups is 2. The van der Waals surface area contributed by atoms with Crippen LogP contribution in [0.1, 0.15) is 107 Å². The number of nitrogens with zero attached hydrogens (tertiary/aromatic N) is 4. The van der Waals surface area contributed by atoms with Crippen molar-refractivity contribution < 1.29 is 19.5 Å². The first-order chi connectivity index (χ1) is 17.7. The van der Waals surface area contributed by atoms with Gasteiger partial charge in [-0.3, -0.25) is 9.98 Å². The van der Waals surface area contributed by atoms with Gasteiger partial charge < -0.3 is 9.97 Å². The molecule has 2 aliphatic rings. The Morgan fingerprint density at radius 2 is 1.03 bits per heavy atom. The van der Waals surface area contributed by atoms with Gasteiger partial charge >= 0.3 is 19.5 Å². The molecule has 38 heavy (non-hydrogen) atoms. The normalized spacial score (nSPS) is 17.7. The summed E-state index contributed by atoms with van der Waals surface area (Å²) in [6, 6.07) is 0. The van der Waals surface area contributed by atoms with E-state index in [1.165, 1.54) is 75.2 Å². The molecule has 0 aliphatic carbocycles. The van der Waals surface area contributed by atoms with E-state index in [4.69, 9.17) is 9.98 Å². The second-order valence-electron chi connectivity index (χ2n) is 10.5. The summed E-state index contributed by atoms with van der Waals surface area (Å²) in [6.07, 6.45) is 16.1. The molecule has 2 aromatic rings. The molecule has 0 aromatic carbocycles. The first-order valence-electron chi connectivity index (χ1n) is 13.9. The van der Waals surface area contributed by atoms with Crippen LogP contribution >= 0.6 is 0 Å². The molecule has 0 saturated carbocycles. The van der Waals surface area contributed by atoms with Crippen LogP contribution in [0.5, 0.6) is 0 Å². The van der Waals surface area contributed by atoms with Gasteiger partial charge in [0, 0.05) is 11.4 Å². The van der Waals surface area contributed by atoms with E-state index in [-0.39, 0.29) is 19.5 Å². The molecule has 0 bridgehead atoms. The fourth-order valence-corrected chi connectivity index (χ4v) is 5.79. The fourth-order valence-electron chi connectivity index (χ4n) is 5.79. The first kappa shape index (κ1) is 30.0. The molecule has 0 amide bonds. The number of unbranched alkanes of at least 4 members (excludes halogenated alkanes) is 2. The zero-order chi connectivity index (χ0) is 26.7. The molecular formula is C33H42N4Zn. The summed E-state index contributed by atoms with van der Waals surface area (Å²) in [5, 5.41) is 0. The van der Waals surface area contributed by atoms with Crippen LogP contribution in [0.3, 0.4) is 0 Å². The summed E-state index contributed by atoms with van der Waals surface area (Å²) < 4.78 is 0. The van der Waals surface area contributed by atoms with E-state index in [0.29, 0.717) is 0 Å². The minimum atomic E-state index is 0. The summed E-state index contributed by atoms with van der Waals surface area (Å²) in [5.74, 6) is 0. The van der Waals surface area contributed by atoms with Crippen molar-refractivity contribution >= 4 is 23.6 Å². The molecular weight excluding hydrogens is 518 g/mol. The standard InChI is InChI=1S/C33H42N4.Zn/c1-9-26-20(3)18-34-32(26)16-30-22(5)28(24(7)36-30)14-12-11-13-15-29-23(6)31(37-25(29)8)17-33-27(10-2)21(4)19-35-33;/h16-19H,9-15H2,1-8H3;/q-2;+2/b30-16+,31-17?;. The predicted molar refractivity (Wildman–Crippen MR) is 158 cm³/mol. The maximum Gasteiger partial charge on any atom is 2.00 e. The fraction of sp³-hybridized carbons (Fsp3) is 0.455. The van der Waals surface area contributed by atoms with Gasteiger partial charge in [0.2, 0.25) is 0 Å². The third kappa shape index (κ3) is 6.20. The molecule has 0 atom stereocenters. The topological polar surface area (TPSA) is 52.9 Å². The van der Waals surface area contributed by atoms with Crippen LogP contribution in [0.2, 0.25) is 0 Å². The average molecular weight is 560 g/mol. The van der Waals surface area contributed by atoms with Gasteiger partial charge in [-0.2, -0.15) is 12.4 Å². The molecule has 0 radical (unpaired) electrons. The van der Waals surface area contributed by atoms with Crippen LogP contribution in [0.4, 0.5) is 0 Å². The number of hydrogen-bond acceptors (Lipinski definition) is 2. The smallest absolute Gasteiger partial charge is 0.664 e. The maximum absolute atomic E-state index is 4.90. The van der Waals surface area contributed by atoms with E-state index in [1.54, 1.807) is 0 Å². The molecule has 4 rings (SSSR count). The second-order valence-corrected chi connectivity index (χ2v) is 10.5. The molecule has 5 heteroatoms. The third-order valence-electron chi connectivity index (χ3n) is 8.10. The van der Waals surface area contributed by atoms with Crippen LogP contribution in [0, 0.1) is 13.8 Å². The molecule has 0 N–H and O–H groups in total. The molecule has 0 fully saturated rings. The summed E-state index contributed by atoms with van der Waals surface area (Å²) in [5.41, 5.74) is 17.3. The predicted octanol–water partition coefficient (Wildman–Crippen LogP) is 8.25. The van der Waals surface area contributed by atoms with Gasteiger partial charge in [-0.15, -0.1) is 11.4 Å². The zero-order valence-corrected chi connectivity index (χ0v) is 27.7. The van der Waals surface area contributed by atoms with Crippen molar-refractivity contribution in [3.63, 3.8) is 0 Å². The van der Waals surface area contributed by atoms with Gasteiger partial charge in [0.1, 0.15) is 0 Å². The van der Waals surface area contributed by atoms with Crippen molar-refractivity contribution in [3.05, 3.63) is 79.7 Å². The summed E-state index contributed by atoms with van der Waals surface area (Å²) in [6.45, 7) is 17.4. The van der Waals surface area contributed by atoms with Crippen molar-refractivity contribution in [1.82, 2.24) is 9.97 Å². The quantitative estimate of drug-likeness (QED) is 0.217. The van der Waals surface area contributed by atoms with Crippen LogP contribution in [0.15, 0.2) is 56.1 Å². The van der Waals surface area contributed by atoms with Crippen molar-refractivity contribution in [2.75, 3.05) is 0 Å². The van der Waals surface area contributed by atoms with Gasteiger partial charge in [-0.05, 0) is 102 Å². The van der Waals surface area contributed by atoms with Crippen molar-refractivity contribution in [2.24, 2.45) is 9.98 Å². The van der Waals surface area contributed by atoms with Crippen LogP contribution in [0.25, 0.3) is 12.2 Å².